The van der Waals surface area contributed by atoms with Crippen LogP contribution in [0.5, 0.6) is 0 Å². The SMILES string of the molecule is CC(C)c1nn(-c2ccccc2)cc1CN1CCC(C(C)O)C1. The number of benzene rings is 1. The van der Waals surface area contributed by atoms with E-state index in [9.17, 15) is 5.11 Å². The van der Waals surface area contributed by atoms with E-state index in [1.54, 1.807) is 0 Å². The second-order valence-corrected chi connectivity index (χ2v) is 7.00. The van der Waals surface area contributed by atoms with Crippen molar-refractivity contribution in [2.24, 2.45) is 5.92 Å². The summed E-state index contributed by atoms with van der Waals surface area (Å²) >= 11 is 0. The minimum Gasteiger partial charge on any atom is -0.393 e. The average molecular weight is 313 g/mol. The fourth-order valence-corrected chi connectivity index (χ4v) is 3.38. The molecule has 1 N–H and O–H groups in total. The molecular formula is C19H27N3O. The minimum atomic E-state index is -0.211. The number of aromatic nitrogens is 2. The summed E-state index contributed by atoms with van der Waals surface area (Å²) in [6.45, 7) is 9.26. The van der Waals surface area contributed by atoms with Gasteiger partial charge in [-0.25, -0.2) is 4.68 Å². The van der Waals surface area contributed by atoms with E-state index in [0.29, 0.717) is 11.8 Å². The van der Waals surface area contributed by atoms with Crippen LogP contribution < -0.4 is 0 Å². The maximum atomic E-state index is 9.79. The zero-order valence-corrected chi connectivity index (χ0v) is 14.3. The molecule has 2 unspecified atom stereocenters. The number of para-hydroxylation sites is 1. The molecule has 23 heavy (non-hydrogen) atoms. The van der Waals surface area contributed by atoms with Gasteiger partial charge in [0.1, 0.15) is 0 Å². The first kappa shape index (κ1) is 16.2. The van der Waals surface area contributed by atoms with Gasteiger partial charge in [-0.1, -0.05) is 32.0 Å². The average Bonchev–Trinajstić information content (AvgIpc) is 3.16. The molecule has 0 aliphatic carbocycles. The summed E-state index contributed by atoms with van der Waals surface area (Å²) in [5, 5.41) is 14.6. The Hall–Kier alpha value is -1.65. The van der Waals surface area contributed by atoms with Gasteiger partial charge in [0.15, 0.2) is 0 Å². The molecule has 0 amide bonds. The summed E-state index contributed by atoms with van der Waals surface area (Å²) in [7, 11) is 0. The van der Waals surface area contributed by atoms with Crippen LogP contribution in [0.2, 0.25) is 0 Å². The summed E-state index contributed by atoms with van der Waals surface area (Å²) in [4.78, 5) is 2.44. The van der Waals surface area contributed by atoms with E-state index in [4.69, 9.17) is 5.10 Å². The maximum absolute atomic E-state index is 9.79. The van der Waals surface area contributed by atoms with Gasteiger partial charge in [0.05, 0.1) is 17.5 Å². The third kappa shape index (κ3) is 3.65. The summed E-state index contributed by atoms with van der Waals surface area (Å²) in [5.74, 6) is 0.812. The monoisotopic (exact) mass is 313 g/mol. The van der Waals surface area contributed by atoms with Crippen molar-refractivity contribution in [1.82, 2.24) is 14.7 Å². The van der Waals surface area contributed by atoms with Gasteiger partial charge in [0.25, 0.3) is 0 Å². The van der Waals surface area contributed by atoms with Crippen molar-refractivity contribution in [2.45, 2.75) is 45.8 Å². The molecule has 1 aliphatic heterocycles. The van der Waals surface area contributed by atoms with Crippen molar-refractivity contribution in [3.63, 3.8) is 0 Å². The van der Waals surface area contributed by atoms with Gasteiger partial charge in [-0.15, -0.1) is 0 Å². The van der Waals surface area contributed by atoms with E-state index in [2.05, 4.69) is 37.1 Å². The van der Waals surface area contributed by atoms with E-state index in [-0.39, 0.29) is 6.10 Å². The van der Waals surface area contributed by atoms with Crippen LogP contribution in [0.1, 0.15) is 44.4 Å². The van der Waals surface area contributed by atoms with Crippen molar-refractivity contribution >= 4 is 0 Å². The molecule has 0 spiro atoms. The molecular weight excluding hydrogens is 286 g/mol. The Labute approximate surface area is 138 Å². The fraction of sp³-hybridized carbons (Fsp3) is 0.526. The van der Waals surface area contributed by atoms with Crippen LogP contribution in [0.4, 0.5) is 0 Å². The topological polar surface area (TPSA) is 41.3 Å². The Morgan fingerprint density at radius 1 is 1.22 bits per heavy atom. The normalized spacial score (nSPS) is 20.3. The molecule has 3 rings (SSSR count). The number of likely N-dealkylation sites (tertiary alicyclic amines) is 1. The molecule has 1 fully saturated rings. The Kier molecular flexibility index (Phi) is 4.83. The molecule has 1 saturated heterocycles. The summed E-state index contributed by atoms with van der Waals surface area (Å²) in [6, 6.07) is 10.3. The lowest BCUT2D eigenvalue weighted by molar-refractivity contribution is 0.127. The Morgan fingerprint density at radius 2 is 1.96 bits per heavy atom. The standard InChI is InChI=1S/C19H27N3O/c1-14(2)19-17(12-21-10-9-16(11-21)15(3)23)13-22(20-19)18-7-5-4-6-8-18/h4-8,13-16,23H,9-12H2,1-3H3. The van der Waals surface area contributed by atoms with Crippen molar-refractivity contribution in [2.75, 3.05) is 13.1 Å². The zero-order chi connectivity index (χ0) is 16.4. The maximum Gasteiger partial charge on any atom is 0.0699 e. The van der Waals surface area contributed by atoms with Crippen LogP contribution in [0.15, 0.2) is 36.5 Å². The van der Waals surface area contributed by atoms with Gasteiger partial charge in [-0.2, -0.15) is 5.10 Å². The molecule has 1 aromatic carbocycles. The molecule has 2 atom stereocenters. The minimum absolute atomic E-state index is 0.211. The van der Waals surface area contributed by atoms with Crippen LogP contribution >= 0.6 is 0 Å². The predicted octanol–water partition coefficient (Wildman–Crippen LogP) is 3.20. The molecule has 2 aromatic rings. The number of hydrogen-bond acceptors (Lipinski definition) is 3. The van der Waals surface area contributed by atoms with Gasteiger partial charge >= 0.3 is 0 Å². The first-order valence-corrected chi connectivity index (χ1v) is 8.59. The molecule has 0 bridgehead atoms. The van der Waals surface area contributed by atoms with Crippen molar-refractivity contribution in [1.29, 1.82) is 0 Å². The third-order valence-corrected chi connectivity index (χ3v) is 4.78. The highest BCUT2D eigenvalue weighted by Gasteiger charge is 2.27. The molecule has 4 heteroatoms. The lowest BCUT2D eigenvalue weighted by Gasteiger charge is -2.17. The van der Waals surface area contributed by atoms with Gasteiger partial charge in [0.2, 0.25) is 0 Å². The van der Waals surface area contributed by atoms with Gasteiger partial charge in [-0.05, 0) is 43.9 Å². The van der Waals surface area contributed by atoms with Crippen LogP contribution in [0, 0.1) is 5.92 Å². The van der Waals surface area contributed by atoms with Gasteiger partial charge in [-0.3, -0.25) is 4.90 Å². The Morgan fingerprint density at radius 3 is 2.57 bits per heavy atom. The first-order valence-electron chi connectivity index (χ1n) is 8.59. The highest BCUT2D eigenvalue weighted by atomic mass is 16.3. The highest BCUT2D eigenvalue weighted by molar-refractivity contribution is 5.33. The molecule has 2 heterocycles. The quantitative estimate of drug-likeness (QED) is 0.921. The van der Waals surface area contributed by atoms with Gasteiger partial charge < -0.3 is 5.11 Å². The second-order valence-electron chi connectivity index (χ2n) is 7.00. The predicted molar refractivity (Wildman–Crippen MR) is 92.7 cm³/mol. The Balaban J connectivity index is 1.80. The van der Waals surface area contributed by atoms with E-state index in [1.165, 1.54) is 11.3 Å². The summed E-state index contributed by atoms with van der Waals surface area (Å²) in [6.07, 6.45) is 3.04. The molecule has 0 radical (unpaired) electrons. The van der Waals surface area contributed by atoms with E-state index < -0.39 is 0 Å². The number of aliphatic hydroxyl groups is 1. The highest BCUT2D eigenvalue weighted by Crippen LogP contribution is 2.25. The molecule has 1 aliphatic rings. The first-order chi connectivity index (χ1) is 11.0. The van der Waals surface area contributed by atoms with E-state index in [1.807, 2.05) is 29.8 Å². The molecule has 1 aromatic heterocycles. The van der Waals surface area contributed by atoms with Crippen LogP contribution in [0.25, 0.3) is 5.69 Å². The van der Waals surface area contributed by atoms with Crippen molar-refractivity contribution < 1.29 is 5.11 Å². The summed E-state index contributed by atoms with van der Waals surface area (Å²) in [5.41, 5.74) is 3.58. The third-order valence-electron chi connectivity index (χ3n) is 4.78. The van der Waals surface area contributed by atoms with Crippen LogP contribution in [-0.4, -0.2) is 39.0 Å². The van der Waals surface area contributed by atoms with E-state index in [0.717, 1.165) is 31.7 Å². The number of aliphatic hydroxyl groups excluding tert-OH is 1. The molecule has 124 valence electrons. The number of hydrogen-bond donors (Lipinski definition) is 1. The molecule has 4 nitrogen and oxygen atoms in total. The van der Waals surface area contributed by atoms with Gasteiger partial charge in [0, 0.05) is 24.8 Å². The molecule has 0 saturated carbocycles. The lowest BCUT2D eigenvalue weighted by Crippen LogP contribution is -2.24. The van der Waals surface area contributed by atoms with Crippen molar-refractivity contribution in [3.8, 4) is 5.69 Å². The van der Waals surface area contributed by atoms with E-state index >= 15 is 0 Å². The Bertz CT molecular complexity index is 633. The zero-order valence-electron chi connectivity index (χ0n) is 14.3. The fourth-order valence-electron chi connectivity index (χ4n) is 3.38. The number of rotatable bonds is 5. The van der Waals surface area contributed by atoms with Crippen LogP contribution in [0.3, 0.4) is 0 Å². The smallest absolute Gasteiger partial charge is 0.0699 e. The summed E-state index contributed by atoms with van der Waals surface area (Å²) < 4.78 is 1.99. The van der Waals surface area contributed by atoms with Crippen LogP contribution in [-0.2, 0) is 6.54 Å². The van der Waals surface area contributed by atoms with Crippen molar-refractivity contribution in [3.05, 3.63) is 47.8 Å². The number of nitrogens with zero attached hydrogens (tertiary/aromatic N) is 3. The lowest BCUT2D eigenvalue weighted by atomic mass is 10.0. The second kappa shape index (κ2) is 6.85. The largest absolute Gasteiger partial charge is 0.393 e.